The Labute approximate surface area is 207 Å². The summed E-state index contributed by atoms with van der Waals surface area (Å²) in [6.07, 6.45) is 1.02. The number of fused-ring (bicyclic) bond motifs is 1. The first-order valence-corrected chi connectivity index (χ1v) is 11.9. The first-order valence-electron chi connectivity index (χ1n) is 11.9. The first-order chi connectivity index (χ1) is 17.2. The molecule has 0 radical (unpaired) electrons. The summed E-state index contributed by atoms with van der Waals surface area (Å²) in [4.78, 5) is 64.1. The third-order valence-corrected chi connectivity index (χ3v) is 7.30. The third-order valence-electron chi connectivity index (χ3n) is 7.30. The molecule has 5 rings (SSSR count). The molecule has 3 heterocycles. The SMILES string of the molecule is NC(=O)c1ccc(CN2CCC(O)(c3ccc4c(c3)C(=O)N(C3CCC(=O)NC3=O)C4=O)CC2)cc1. The summed E-state index contributed by atoms with van der Waals surface area (Å²) in [5.41, 5.74) is 6.51. The van der Waals surface area contributed by atoms with E-state index in [0.717, 1.165) is 10.5 Å². The molecule has 2 saturated heterocycles. The number of amides is 5. The van der Waals surface area contributed by atoms with Crippen LogP contribution in [-0.2, 0) is 21.7 Å². The van der Waals surface area contributed by atoms with E-state index in [2.05, 4.69) is 10.2 Å². The molecule has 0 aliphatic carbocycles. The minimum absolute atomic E-state index is 0.0562. The summed E-state index contributed by atoms with van der Waals surface area (Å²) >= 11 is 0. The average Bonchev–Trinajstić information content (AvgIpc) is 3.10. The van der Waals surface area contributed by atoms with Gasteiger partial charge in [0.1, 0.15) is 6.04 Å². The standard InChI is InChI=1S/C26H26N4O6/c27-22(32)16-3-1-15(2-4-16)14-29-11-9-26(36,10-12-29)17-5-6-18-19(13-17)25(35)30(24(18)34)20-7-8-21(31)28-23(20)33/h1-6,13,20,36H,7-12,14H2,(H2,27,32)(H,28,31,33). The zero-order valence-corrected chi connectivity index (χ0v) is 19.5. The van der Waals surface area contributed by atoms with Crippen molar-refractivity contribution in [2.45, 2.75) is 43.9 Å². The van der Waals surface area contributed by atoms with Crippen LogP contribution in [-0.4, -0.2) is 63.6 Å². The fourth-order valence-electron chi connectivity index (χ4n) is 5.16. The second kappa shape index (κ2) is 8.96. The van der Waals surface area contributed by atoms with Gasteiger partial charge in [-0.25, -0.2) is 0 Å². The summed E-state index contributed by atoms with van der Waals surface area (Å²) in [6.45, 7) is 1.88. The molecular weight excluding hydrogens is 464 g/mol. The Hall–Kier alpha value is -3.89. The Kier molecular flexibility index (Phi) is 5.93. The number of rotatable bonds is 5. The van der Waals surface area contributed by atoms with Crippen molar-refractivity contribution in [1.29, 1.82) is 0 Å². The molecule has 2 fully saturated rings. The van der Waals surface area contributed by atoms with Crippen LogP contribution >= 0.6 is 0 Å². The molecule has 4 N–H and O–H groups in total. The summed E-state index contributed by atoms with van der Waals surface area (Å²) in [7, 11) is 0. The Morgan fingerprint density at radius 1 is 1.00 bits per heavy atom. The van der Waals surface area contributed by atoms with Crippen LogP contribution in [0.15, 0.2) is 42.5 Å². The number of hydrogen-bond acceptors (Lipinski definition) is 7. The van der Waals surface area contributed by atoms with Crippen LogP contribution in [0.5, 0.6) is 0 Å². The van der Waals surface area contributed by atoms with Gasteiger partial charge in [-0.15, -0.1) is 0 Å². The fourth-order valence-corrected chi connectivity index (χ4v) is 5.16. The summed E-state index contributed by atoms with van der Waals surface area (Å²) < 4.78 is 0. The number of carbonyl (C=O) groups excluding carboxylic acids is 5. The summed E-state index contributed by atoms with van der Waals surface area (Å²) in [5.74, 6) is -2.71. The zero-order valence-electron chi connectivity index (χ0n) is 19.5. The van der Waals surface area contributed by atoms with Crippen molar-refractivity contribution >= 4 is 29.5 Å². The minimum Gasteiger partial charge on any atom is -0.385 e. The average molecular weight is 491 g/mol. The van der Waals surface area contributed by atoms with E-state index in [9.17, 15) is 29.1 Å². The Morgan fingerprint density at radius 3 is 2.31 bits per heavy atom. The maximum atomic E-state index is 13.1. The molecule has 36 heavy (non-hydrogen) atoms. The van der Waals surface area contributed by atoms with Crippen LogP contribution in [0.25, 0.3) is 0 Å². The maximum absolute atomic E-state index is 13.1. The molecule has 3 aliphatic rings. The maximum Gasteiger partial charge on any atom is 0.262 e. The van der Waals surface area contributed by atoms with E-state index < -0.39 is 41.2 Å². The molecule has 5 amide bonds. The van der Waals surface area contributed by atoms with Gasteiger partial charge in [0, 0.05) is 31.6 Å². The fraction of sp³-hybridized carbons (Fsp3) is 0.346. The molecule has 1 unspecified atom stereocenters. The van der Waals surface area contributed by atoms with Crippen molar-refractivity contribution in [1.82, 2.24) is 15.1 Å². The van der Waals surface area contributed by atoms with Crippen LogP contribution in [0.1, 0.15) is 67.9 Å². The van der Waals surface area contributed by atoms with Crippen LogP contribution in [0.2, 0.25) is 0 Å². The lowest BCUT2D eigenvalue weighted by Crippen LogP contribution is -2.54. The van der Waals surface area contributed by atoms with Gasteiger partial charge < -0.3 is 10.8 Å². The molecule has 1 atom stereocenters. The molecule has 10 nitrogen and oxygen atoms in total. The van der Waals surface area contributed by atoms with Crippen molar-refractivity contribution in [3.05, 3.63) is 70.3 Å². The largest absolute Gasteiger partial charge is 0.385 e. The topological polar surface area (TPSA) is 150 Å². The summed E-state index contributed by atoms with van der Waals surface area (Å²) in [6, 6.07) is 10.8. The third kappa shape index (κ3) is 4.18. The number of hydrogen-bond donors (Lipinski definition) is 3. The van der Waals surface area contributed by atoms with Crippen LogP contribution < -0.4 is 11.1 Å². The highest BCUT2D eigenvalue weighted by Crippen LogP contribution is 2.36. The Morgan fingerprint density at radius 2 is 1.67 bits per heavy atom. The van der Waals surface area contributed by atoms with Crippen molar-refractivity contribution in [2.24, 2.45) is 5.73 Å². The number of nitrogens with one attached hydrogen (secondary N) is 1. The number of nitrogens with zero attached hydrogens (tertiary/aromatic N) is 2. The highest BCUT2D eigenvalue weighted by atomic mass is 16.3. The highest BCUT2D eigenvalue weighted by Gasteiger charge is 2.45. The number of nitrogens with two attached hydrogens (primary N) is 1. The molecule has 0 spiro atoms. The van der Waals surface area contributed by atoms with E-state index in [4.69, 9.17) is 5.73 Å². The zero-order chi connectivity index (χ0) is 25.6. The quantitative estimate of drug-likeness (QED) is 0.521. The van der Waals surface area contributed by atoms with Gasteiger partial charge in [-0.3, -0.25) is 39.1 Å². The number of carbonyl (C=O) groups is 5. The van der Waals surface area contributed by atoms with Gasteiger partial charge in [0.25, 0.3) is 11.8 Å². The summed E-state index contributed by atoms with van der Waals surface area (Å²) in [5, 5.41) is 13.6. The lowest BCUT2D eigenvalue weighted by Gasteiger charge is -2.38. The number of imide groups is 2. The van der Waals surface area contributed by atoms with Crippen molar-refractivity contribution in [3.8, 4) is 0 Å². The van der Waals surface area contributed by atoms with Gasteiger partial charge in [-0.05, 0) is 54.7 Å². The van der Waals surface area contributed by atoms with E-state index in [1.807, 2.05) is 12.1 Å². The first kappa shape index (κ1) is 23.8. The lowest BCUT2D eigenvalue weighted by molar-refractivity contribution is -0.136. The van der Waals surface area contributed by atoms with Gasteiger partial charge in [0.05, 0.1) is 16.7 Å². The van der Waals surface area contributed by atoms with Crippen molar-refractivity contribution in [2.75, 3.05) is 13.1 Å². The number of aliphatic hydroxyl groups is 1. The van der Waals surface area contributed by atoms with Gasteiger partial charge >= 0.3 is 0 Å². The molecule has 0 aromatic heterocycles. The predicted octanol–water partition coefficient (Wildman–Crippen LogP) is 0.670. The van der Waals surface area contributed by atoms with Crippen molar-refractivity contribution < 1.29 is 29.1 Å². The van der Waals surface area contributed by atoms with Crippen LogP contribution in [0.3, 0.4) is 0 Å². The molecule has 0 saturated carbocycles. The Bertz CT molecular complexity index is 1280. The second-order valence-corrected chi connectivity index (χ2v) is 9.58. The van der Waals surface area contributed by atoms with Crippen molar-refractivity contribution in [3.63, 3.8) is 0 Å². The van der Waals surface area contributed by atoms with E-state index in [1.54, 1.807) is 24.3 Å². The van der Waals surface area contributed by atoms with Crippen LogP contribution in [0, 0.1) is 0 Å². The van der Waals surface area contributed by atoms with Gasteiger partial charge in [-0.1, -0.05) is 18.2 Å². The highest BCUT2D eigenvalue weighted by molar-refractivity contribution is 6.23. The molecule has 186 valence electrons. The van der Waals surface area contributed by atoms with Gasteiger partial charge in [0.15, 0.2) is 0 Å². The number of piperidine rings is 2. The molecule has 0 bridgehead atoms. The number of primary amides is 1. The van der Waals surface area contributed by atoms with Gasteiger partial charge in [0.2, 0.25) is 17.7 Å². The molecule has 3 aliphatic heterocycles. The van der Waals surface area contributed by atoms with E-state index in [-0.39, 0.29) is 24.0 Å². The molecule has 2 aromatic carbocycles. The molecular formula is C26H26N4O6. The Balaban J connectivity index is 1.28. The normalized spacial score (nSPS) is 21.9. The van der Waals surface area contributed by atoms with E-state index in [0.29, 0.717) is 43.6 Å². The second-order valence-electron chi connectivity index (χ2n) is 9.58. The lowest BCUT2D eigenvalue weighted by atomic mass is 9.83. The smallest absolute Gasteiger partial charge is 0.262 e. The molecule has 10 heteroatoms. The number of likely N-dealkylation sites (tertiary alicyclic amines) is 1. The molecule has 2 aromatic rings. The van der Waals surface area contributed by atoms with E-state index in [1.165, 1.54) is 6.07 Å². The number of benzene rings is 2. The monoisotopic (exact) mass is 490 g/mol. The predicted molar refractivity (Wildman–Crippen MR) is 126 cm³/mol. The minimum atomic E-state index is -1.16. The van der Waals surface area contributed by atoms with Gasteiger partial charge in [-0.2, -0.15) is 0 Å². The van der Waals surface area contributed by atoms with Crippen LogP contribution in [0.4, 0.5) is 0 Å². The van der Waals surface area contributed by atoms with E-state index >= 15 is 0 Å².